The second-order valence-corrected chi connectivity index (χ2v) is 9.77. The van der Waals surface area contributed by atoms with Crippen LogP contribution in [0.3, 0.4) is 0 Å². The van der Waals surface area contributed by atoms with Crippen molar-refractivity contribution in [3.05, 3.63) is 0 Å². The first-order chi connectivity index (χ1) is 15.8. The number of unbranched alkanes of at least 4 members (excludes halogenated alkanes) is 12. The van der Waals surface area contributed by atoms with Gasteiger partial charge in [-0.1, -0.05) is 77.0 Å². The molecule has 3 N–H and O–H groups in total. The molecule has 0 bridgehead atoms. The average Bonchev–Trinajstić information content (AvgIpc) is 2.74. The highest BCUT2D eigenvalue weighted by Gasteiger charge is 2.35. The van der Waals surface area contributed by atoms with Crippen molar-refractivity contribution in [2.75, 3.05) is 0 Å². The molecule has 0 saturated carbocycles. The lowest BCUT2D eigenvalue weighted by atomic mass is 10.0. The quantitative estimate of drug-likeness (QED) is 0.166. The predicted molar refractivity (Wildman–Crippen MR) is 128 cm³/mol. The fraction of sp³-hybridized carbons (Fsp3) is 0.923. The molecule has 5 atom stereocenters. The second-order valence-electron chi connectivity index (χ2n) is 9.77. The summed E-state index contributed by atoms with van der Waals surface area (Å²) in [5.41, 5.74) is 0. The number of ether oxygens (including phenoxy) is 2. The van der Waals surface area contributed by atoms with Crippen molar-refractivity contribution < 1.29 is 34.4 Å². The molecule has 1 aliphatic heterocycles. The zero-order valence-electron chi connectivity index (χ0n) is 20.9. The summed E-state index contributed by atoms with van der Waals surface area (Å²) in [4.78, 5) is 21.7. The number of carbonyl (C=O) groups excluding carboxylic acids is 1. The maximum Gasteiger partial charge on any atom is 0.310 e. The van der Waals surface area contributed by atoms with Gasteiger partial charge in [-0.3, -0.25) is 9.59 Å². The van der Waals surface area contributed by atoms with Crippen LogP contribution in [-0.2, 0) is 19.1 Å². The molecule has 0 aromatic rings. The Morgan fingerprint density at radius 1 is 0.848 bits per heavy atom. The van der Waals surface area contributed by atoms with Crippen LogP contribution in [0.15, 0.2) is 0 Å². The fourth-order valence-corrected chi connectivity index (χ4v) is 4.32. The molecule has 0 amide bonds. The summed E-state index contributed by atoms with van der Waals surface area (Å²) < 4.78 is 11.4. The van der Waals surface area contributed by atoms with E-state index in [2.05, 4.69) is 0 Å². The molecule has 194 valence electrons. The predicted octanol–water partition coefficient (Wildman–Crippen LogP) is 5.14. The minimum Gasteiger partial charge on any atom is -0.481 e. The van der Waals surface area contributed by atoms with Gasteiger partial charge in [0, 0.05) is 12.8 Å². The number of carboxylic acids is 1. The van der Waals surface area contributed by atoms with Gasteiger partial charge in [0.15, 0.2) is 6.29 Å². The second kappa shape index (κ2) is 18.3. The van der Waals surface area contributed by atoms with Gasteiger partial charge in [-0.2, -0.15) is 0 Å². The summed E-state index contributed by atoms with van der Waals surface area (Å²) in [5, 5.41) is 28.3. The number of Topliss-reactive ketones (excluding diaryl/α,β-unsaturated/α-hetero) is 1. The van der Waals surface area contributed by atoms with Gasteiger partial charge in [0.25, 0.3) is 0 Å². The van der Waals surface area contributed by atoms with Crippen LogP contribution >= 0.6 is 0 Å². The molecule has 33 heavy (non-hydrogen) atoms. The van der Waals surface area contributed by atoms with Crippen molar-refractivity contribution in [3.8, 4) is 0 Å². The zero-order chi connectivity index (χ0) is 24.5. The molecule has 1 heterocycles. The van der Waals surface area contributed by atoms with Crippen LogP contribution in [0.5, 0.6) is 0 Å². The van der Waals surface area contributed by atoms with Gasteiger partial charge in [0.2, 0.25) is 0 Å². The molecule has 0 unspecified atom stereocenters. The van der Waals surface area contributed by atoms with Crippen LogP contribution in [0.1, 0.15) is 123 Å². The minimum atomic E-state index is -1.02. The molecule has 7 heteroatoms. The number of aliphatic carboxylic acids is 1. The number of ketones is 1. The Balaban J connectivity index is 1.83. The fourth-order valence-electron chi connectivity index (χ4n) is 4.32. The van der Waals surface area contributed by atoms with E-state index >= 15 is 0 Å². The van der Waals surface area contributed by atoms with Crippen LogP contribution in [0.25, 0.3) is 0 Å². The smallest absolute Gasteiger partial charge is 0.310 e. The summed E-state index contributed by atoms with van der Waals surface area (Å²) in [5.74, 6) is -1.18. The van der Waals surface area contributed by atoms with E-state index in [-0.39, 0.29) is 24.4 Å². The first-order valence-corrected chi connectivity index (χ1v) is 13.2. The molecule has 1 rings (SSSR count). The summed E-state index contributed by atoms with van der Waals surface area (Å²) in [7, 11) is 0. The highest BCUT2D eigenvalue weighted by Crippen LogP contribution is 2.23. The SMILES string of the molecule is C[C@H](CCCCCCCCCCCCCCCC(=O)CC(=O)O)O[C@@H]1O[C@@H](C)[C@H](O)C[C@H]1O. The van der Waals surface area contributed by atoms with Crippen LogP contribution in [0, 0.1) is 0 Å². The Hall–Kier alpha value is -1.02. The highest BCUT2D eigenvalue weighted by molar-refractivity contribution is 5.94. The number of hydrogen-bond donors (Lipinski definition) is 3. The Bertz CT molecular complexity index is 525. The van der Waals surface area contributed by atoms with Crippen molar-refractivity contribution in [2.45, 2.75) is 154 Å². The number of carboxylic acid groups (broad SMARTS) is 1. The maximum atomic E-state index is 11.3. The largest absolute Gasteiger partial charge is 0.481 e. The van der Waals surface area contributed by atoms with Gasteiger partial charge in [0.1, 0.15) is 18.3 Å². The summed E-state index contributed by atoms with van der Waals surface area (Å²) >= 11 is 0. The van der Waals surface area contributed by atoms with Gasteiger partial charge < -0.3 is 24.8 Å². The summed E-state index contributed by atoms with van der Waals surface area (Å²) in [6, 6.07) is 0. The normalized spacial score (nSPS) is 24.0. The number of hydrogen-bond acceptors (Lipinski definition) is 6. The van der Waals surface area contributed by atoms with Crippen LogP contribution < -0.4 is 0 Å². The van der Waals surface area contributed by atoms with Crippen LogP contribution in [0.2, 0.25) is 0 Å². The van der Waals surface area contributed by atoms with E-state index < -0.39 is 24.5 Å². The van der Waals surface area contributed by atoms with Crippen molar-refractivity contribution in [2.24, 2.45) is 0 Å². The number of rotatable bonds is 20. The lowest BCUT2D eigenvalue weighted by Gasteiger charge is -2.36. The van der Waals surface area contributed by atoms with Gasteiger partial charge in [-0.25, -0.2) is 0 Å². The Morgan fingerprint density at radius 2 is 1.33 bits per heavy atom. The maximum absolute atomic E-state index is 11.3. The molecule has 1 saturated heterocycles. The minimum absolute atomic E-state index is 0.0392. The third-order valence-electron chi connectivity index (χ3n) is 6.47. The Morgan fingerprint density at radius 3 is 1.85 bits per heavy atom. The van der Waals surface area contributed by atoms with Crippen LogP contribution in [0.4, 0.5) is 0 Å². The third kappa shape index (κ3) is 15.5. The molecule has 0 aromatic carbocycles. The van der Waals surface area contributed by atoms with Crippen LogP contribution in [-0.4, -0.2) is 57.8 Å². The highest BCUT2D eigenvalue weighted by atomic mass is 16.7. The standard InChI is InChI=1S/C26H48O7/c1-20(32-26-24(29)19-23(28)21(2)33-26)16-14-12-10-8-6-4-3-5-7-9-11-13-15-17-22(27)18-25(30)31/h20-21,23-24,26,28-29H,3-19H2,1-2H3,(H,30,31)/t20-,21+,23-,24-,26-/m1/s1. The third-order valence-corrected chi connectivity index (χ3v) is 6.47. The van der Waals surface area contributed by atoms with Gasteiger partial charge in [-0.15, -0.1) is 0 Å². The molecule has 0 aliphatic carbocycles. The first kappa shape index (κ1) is 30.0. The lowest BCUT2D eigenvalue weighted by molar-refractivity contribution is -0.273. The Labute approximate surface area is 200 Å². The van der Waals surface area contributed by atoms with Gasteiger partial charge in [-0.05, 0) is 26.7 Å². The molecular formula is C26H48O7. The average molecular weight is 473 g/mol. The van der Waals surface area contributed by atoms with E-state index in [1.165, 1.54) is 57.8 Å². The summed E-state index contributed by atoms with van der Waals surface area (Å²) in [6.45, 7) is 3.82. The topological polar surface area (TPSA) is 113 Å². The molecule has 1 fully saturated rings. The van der Waals surface area contributed by atoms with Crippen molar-refractivity contribution in [1.82, 2.24) is 0 Å². The summed E-state index contributed by atoms with van der Waals surface area (Å²) in [6.07, 6.45) is 14.5. The van der Waals surface area contributed by atoms with E-state index in [1.54, 1.807) is 6.92 Å². The van der Waals surface area contributed by atoms with E-state index in [1.807, 2.05) is 6.92 Å². The van der Waals surface area contributed by atoms with Gasteiger partial charge in [0.05, 0.1) is 18.3 Å². The zero-order valence-corrected chi connectivity index (χ0v) is 20.9. The van der Waals surface area contributed by atoms with Crippen molar-refractivity contribution >= 4 is 11.8 Å². The molecule has 7 nitrogen and oxygen atoms in total. The van der Waals surface area contributed by atoms with E-state index in [9.17, 15) is 19.8 Å². The molecule has 0 aromatic heterocycles. The molecule has 1 aliphatic rings. The molecule has 0 radical (unpaired) electrons. The lowest BCUT2D eigenvalue weighted by Crippen LogP contribution is -2.48. The van der Waals surface area contributed by atoms with Crippen molar-refractivity contribution in [3.63, 3.8) is 0 Å². The molecular weight excluding hydrogens is 424 g/mol. The van der Waals surface area contributed by atoms with Crippen molar-refractivity contribution in [1.29, 1.82) is 0 Å². The van der Waals surface area contributed by atoms with E-state index in [0.29, 0.717) is 12.8 Å². The van der Waals surface area contributed by atoms with Gasteiger partial charge >= 0.3 is 5.97 Å². The molecule has 0 spiro atoms. The monoisotopic (exact) mass is 472 g/mol. The number of aliphatic hydroxyl groups is 2. The number of carbonyl (C=O) groups is 2. The Kier molecular flexibility index (Phi) is 16.7. The number of aliphatic hydroxyl groups excluding tert-OH is 2. The van der Waals surface area contributed by atoms with E-state index in [0.717, 1.165) is 32.1 Å². The van der Waals surface area contributed by atoms with E-state index in [4.69, 9.17) is 14.6 Å². The first-order valence-electron chi connectivity index (χ1n) is 13.2.